The van der Waals surface area contributed by atoms with Crippen LogP contribution in [0.5, 0.6) is 17.2 Å². The monoisotopic (exact) mass is 490 g/mol. The number of benzene rings is 2. The second kappa shape index (κ2) is 9.68. The second-order valence-electron chi connectivity index (χ2n) is 6.17. The van der Waals surface area contributed by atoms with E-state index in [4.69, 9.17) is 9.47 Å². The van der Waals surface area contributed by atoms with Crippen LogP contribution in [0.25, 0.3) is 6.08 Å². The molecule has 12 heteroatoms. The molecule has 2 rings (SSSR count). The number of amides is 1. The Labute approximate surface area is 184 Å². The number of rotatable bonds is 7. The van der Waals surface area contributed by atoms with Crippen LogP contribution in [0.4, 0.5) is 11.4 Å². The van der Waals surface area contributed by atoms with Crippen molar-refractivity contribution in [2.75, 3.05) is 21.2 Å². The molecule has 0 aliphatic carbocycles. The number of non-ortho nitro benzene ring substituents is 1. The van der Waals surface area contributed by atoms with Gasteiger partial charge in [0.05, 0.1) is 27.5 Å². The lowest BCUT2D eigenvalue weighted by molar-refractivity contribution is -0.394. The van der Waals surface area contributed by atoms with Gasteiger partial charge in [0, 0.05) is 20.2 Å². The maximum Gasteiger partial charge on any atom is 0.318 e. The van der Waals surface area contributed by atoms with Gasteiger partial charge >= 0.3 is 5.69 Å². The summed E-state index contributed by atoms with van der Waals surface area (Å²) in [5.74, 6) is -0.519. The van der Waals surface area contributed by atoms with E-state index in [1.807, 2.05) is 6.07 Å². The Morgan fingerprint density at radius 1 is 1.16 bits per heavy atom. The topological polar surface area (TPSA) is 149 Å². The number of nitriles is 1. The number of carbonyl (C=O) groups is 1. The van der Waals surface area contributed by atoms with Crippen LogP contribution in [0.2, 0.25) is 0 Å². The molecule has 0 N–H and O–H groups in total. The molecule has 11 nitrogen and oxygen atoms in total. The second-order valence-corrected chi connectivity index (χ2v) is 7.03. The molecule has 160 valence electrons. The van der Waals surface area contributed by atoms with Gasteiger partial charge in [-0.05, 0) is 45.8 Å². The summed E-state index contributed by atoms with van der Waals surface area (Å²) in [5.41, 5.74) is -0.740. The van der Waals surface area contributed by atoms with E-state index in [-0.39, 0.29) is 22.8 Å². The van der Waals surface area contributed by atoms with Crippen molar-refractivity contribution < 1.29 is 24.1 Å². The van der Waals surface area contributed by atoms with Crippen molar-refractivity contribution in [1.29, 1.82) is 5.26 Å². The van der Waals surface area contributed by atoms with Crippen LogP contribution in [0.3, 0.4) is 0 Å². The molecule has 31 heavy (non-hydrogen) atoms. The zero-order valence-corrected chi connectivity index (χ0v) is 18.1. The normalized spacial score (nSPS) is 10.7. The van der Waals surface area contributed by atoms with Crippen molar-refractivity contribution >= 4 is 39.3 Å². The first-order chi connectivity index (χ1) is 14.6. The molecule has 0 fully saturated rings. The van der Waals surface area contributed by atoms with Crippen molar-refractivity contribution in [3.63, 3.8) is 0 Å². The van der Waals surface area contributed by atoms with Crippen LogP contribution in [-0.2, 0) is 4.79 Å². The van der Waals surface area contributed by atoms with Gasteiger partial charge < -0.3 is 14.4 Å². The molecule has 0 atom stereocenters. The molecule has 0 heterocycles. The predicted octanol–water partition coefficient (Wildman–Crippen LogP) is 4.06. The van der Waals surface area contributed by atoms with Gasteiger partial charge in [0.2, 0.25) is 5.75 Å². The molecule has 0 saturated carbocycles. The molecule has 0 unspecified atom stereocenters. The lowest BCUT2D eigenvalue weighted by atomic mass is 10.1. The molecule has 0 spiro atoms. The Morgan fingerprint density at radius 2 is 1.84 bits per heavy atom. The number of hydrogen-bond acceptors (Lipinski definition) is 8. The van der Waals surface area contributed by atoms with Gasteiger partial charge in [-0.3, -0.25) is 25.0 Å². The number of likely N-dealkylation sites (N-methyl/N-ethyl adjacent to an activating group) is 1. The summed E-state index contributed by atoms with van der Waals surface area (Å²) < 4.78 is 11.2. The summed E-state index contributed by atoms with van der Waals surface area (Å²) in [6.07, 6.45) is 1.35. The third-order valence-corrected chi connectivity index (χ3v) is 4.47. The number of nitrogens with zero attached hydrogens (tertiary/aromatic N) is 4. The first-order valence-corrected chi connectivity index (χ1v) is 9.20. The van der Waals surface area contributed by atoms with Gasteiger partial charge in [-0.2, -0.15) is 5.26 Å². The average molecular weight is 491 g/mol. The molecular weight excluding hydrogens is 476 g/mol. The minimum atomic E-state index is -0.800. The minimum Gasteiger partial charge on any atom is -0.493 e. The van der Waals surface area contributed by atoms with Crippen molar-refractivity contribution in [3.05, 3.63) is 66.2 Å². The summed E-state index contributed by atoms with van der Waals surface area (Å²) in [4.78, 5) is 34.0. The lowest BCUT2D eigenvalue weighted by Crippen LogP contribution is -2.22. The summed E-state index contributed by atoms with van der Waals surface area (Å²) in [6.45, 7) is 0. The van der Waals surface area contributed by atoms with Crippen LogP contribution in [0.15, 0.2) is 40.4 Å². The van der Waals surface area contributed by atoms with E-state index in [9.17, 15) is 30.3 Å². The highest BCUT2D eigenvalue weighted by molar-refractivity contribution is 9.10. The highest BCUT2D eigenvalue weighted by atomic mass is 79.9. The number of nitro benzene ring substituents is 2. The Hall–Kier alpha value is -3.98. The third kappa shape index (κ3) is 5.34. The van der Waals surface area contributed by atoms with E-state index in [0.29, 0.717) is 10.0 Å². The van der Waals surface area contributed by atoms with Crippen molar-refractivity contribution in [2.24, 2.45) is 0 Å². The maximum atomic E-state index is 12.1. The van der Waals surface area contributed by atoms with Gasteiger partial charge in [0.25, 0.3) is 11.6 Å². The fourth-order valence-electron chi connectivity index (χ4n) is 2.43. The molecule has 2 aromatic carbocycles. The van der Waals surface area contributed by atoms with E-state index in [1.165, 1.54) is 44.3 Å². The Kier molecular flexibility index (Phi) is 7.28. The third-order valence-electron chi connectivity index (χ3n) is 3.88. The maximum absolute atomic E-state index is 12.1. The number of nitro groups is 2. The van der Waals surface area contributed by atoms with Crippen LogP contribution in [0.1, 0.15) is 5.56 Å². The van der Waals surface area contributed by atoms with E-state index < -0.39 is 27.1 Å². The average Bonchev–Trinajstić information content (AvgIpc) is 2.72. The van der Waals surface area contributed by atoms with Crippen LogP contribution < -0.4 is 9.47 Å². The van der Waals surface area contributed by atoms with E-state index in [1.54, 1.807) is 0 Å². The zero-order chi connectivity index (χ0) is 23.3. The number of carbonyl (C=O) groups excluding carboxylic acids is 1. The Morgan fingerprint density at radius 3 is 2.35 bits per heavy atom. The molecule has 1 amide bonds. The first kappa shape index (κ1) is 23.3. The quantitative estimate of drug-likeness (QED) is 0.244. The molecule has 0 radical (unpaired) electrons. The van der Waals surface area contributed by atoms with Crippen LogP contribution in [0, 0.1) is 31.6 Å². The number of methoxy groups -OCH3 is 1. The molecular formula is C19H15BrN4O7. The van der Waals surface area contributed by atoms with E-state index in [2.05, 4.69) is 15.9 Å². The number of halogens is 1. The Balaban J connectivity index is 2.53. The fraction of sp³-hybridized carbons (Fsp3) is 0.158. The summed E-state index contributed by atoms with van der Waals surface area (Å²) in [6, 6.07) is 7.80. The molecule has 0 aliphatic heterocycles. The fourth-order valence-corrected chi connectivity index (χ4v) is 2.97. The lowest BCUT2D eigenvalue weighted by Gasteiger charge is -2.14. The smallest absolute Gasteiger partial charge is 0.318 e. The molecule has 0 aromatic heterocycles. The number of hydrogen-bond donors (Lipinski definition) is 0. The van der Waals surface area contributed by atoms with Gasteiger partial charge in [0.1, 0.15) is 11.6 Å². The molecule has 2 aromatic rings. The molecule has 0 saturated heterocycles. The molecule has 0 aliphatic rings. The molecule has 0 bridgehead atoms. The van der Waals surface area contributed by atoms with E-state index >= 15 is 0 Å². The van der Waals surface area contributed by atoms with Crippen molar-refractivity contribution in [2.45, 2.75) is 0 Å². The van der Waals surface area contributed by atoms with Gasteiger partial charge in [-0.1, -0.05) is 0 Å². The summed E-state index contributed by atoms with van der Waals surface area (Å²) >= 11 is 3.28. The minimum absolute atomic E-state index is 0.0639. The highest BCUT2D eigenvalue weighted by Gasteiger charge is 2.23. The SMILES string of the molecule is COc1cc(/C=C(/C#N)C(=O)N(C)C)cc(Br)c1Oc1ccc([N+](=O)[O-])cc1[N+](=O)[O-]. The van der Waals surface area contributed by atoms with Crippen molar-refractivity contribution in [1.82, 2.24) is 4.90 Å². The van der Waals surface area contributed by atoms with Crippen LogP contribution in [-0.4, -0.2) is 41.9 Å². The van der Waals surface area contributed by atoms with Gasteiger partial charge in [0.15, 0.2) is 11.5 Å². The summed E-state index contributed by atoms with van der Waals surface area (Å²) in [5, 5.41) is 31.5. The van der Waals surface area contributed by atoms with Gasteiger partial charge in [-0.25, -0.2) is 0 Å². The standard InChI is InChI=1S/C19H15BrN4O7/c1-22(2)19(25)12(10-21)6-11-7-14(20)18(17(8-11)30-3)31-16-5-4-13(23(26)27)9-15(16)24(28)29/h4-9H,1-3H3/b12-6-. The predicted molar refractivity (Wildman–Crippen MR) is 113 cm³/mol. The highest BCUT2D eigenvalue weighted by Crippen LogP contribution is 2.43. The van der Waals surface area contributed by atoms with Gasteiger partial charge in [-0.15, -0.1) is 0 Å². The van der Waals surface area contributed by atoms with Crippen LogP contribution >= 0.6 is 15.9 Å². The largest absolute Gasteiger partial charge is 0.493 e. The van der Waals surface area contributed by atoms with E-state index in [0.717, 1.165) is 18.2 Å². The zero-order valence-electron chi connectivity index (χ0n) is 16.5. The first-order valence-electron chi connectivity index (χ1n) is 8.40. The summed E-state index contributed by atoms with van der Waals surface area (Å²) in [7, 11) is 4.36. The number of ether oxygens (including phenoxy) is 2. The Bertz CT molecular complexity index is 1140. The van der Waals surface area contributed by atoms with Crippen molar-refractivity contribution in [3.8, 4) is 23.3 Å².